The number of carbonyl (C=O) groups excluding carboxylic acids is 1. The van der Waals surface area contributed by atoms with Crippen molar-refractivity contribution in [2.24, 2.45) is 17.8 Å². The minimum Gasteiger partial charge on any atom is -0.326 e. The number of carbonyl (C=O) groups is 1. The Morgan fingerprint density at radius 2 is 1.46 bits per heavy atom. The second-order valence-corrected chi connectivity index (χ2v) is 7.32. The van der Waals surface area contributed by atoms with Crippen molar-refractivity contribution in [2.75, 3.05) is 5.32 Å². The molecule has 2 aliphatic rings. The summed E-state index contributed by atoms with van der Waals surface area (Å²) >= 11 is 0. The van der Waals surface area contributed by atoms with E-state index in [-0.39, 0.29) is 11.8 Å². The Kier molecular flexibility index (Phi) is 5.55. The van der Waals surface area contributed by atoms with Gasteiger partial charge in [-0.15, -0.1) is 0 Å². The molecule has 0 spiro atoms. The van der Waals surface area contributed by atoms with Crippen molar-refractivity contribution in [3.05, 3.63) is 53.6 Å². The fraction of sp³-hybridized carbons (Fsp3) is 0.500. The number of amides is 1. The Bertz CT molecular complexity index is 619. The van der Waals surface area contributed by atoms with Crippen LogP contribution in [0.25, 0.3) is 0 Å². The molecular formula is C22H29NO. The van der Waals surface area contributed by atoms with E-state index in [1.165, 1.54) is 11.1 Å². The molecule has 128 valence electrons. The van der Waals surface area contributed by atoms with Gasteiger partial charge in [0.05, 0.1) is 0 Å². The van der Waals surface area contributed by atoms with E-state index in [9.17, 15) is 4.79 Å². The van der Waals surface area contributed by atoms with Crippen molar-refractivity contribution in [1.82, 2.24) is 0 Å². The molecule has 0 bridgehead atoms. The number of hydrogen-bond acceptors (Lipinski definition) is 1. The van der Waals surface area contributed by atoms with Gasteiger partial charge in [-0.05, 0) is 87.5 Å². The van der Waals surface area contributed by atoms with Crippen LogP contribution in [0.4, 0.5) is 5.69 Å². The summed E-state index contributed by atoms with van der Waals surface area (Å²) in [6.07, 6.45) is 16.0. The van der Waals surface area contributed by atoms with Crippen LogP contribution in [-0.4, -0.2) is 5.91 Å². The zero-order valence-electron chi connectivity index (χ0n) is 14.9. The van der Waals surface area contributed by atoms with Crippen molar-refractivity contribution in [1.29, 1.82) is 0 Å². The topological polar surface area (TPSA) is 29.1 Å². The Morgan fingerprint density at radius 3 is 2.04 bits per heavy atom. The first-order valence-electron chi connectivity index (χ1n) is 9.35. The lowest BCUT2D eigenvalue weighted by atomic mass is 10.1. The minimum absolute atomic E-state index is 0.203. The molecule has 0 radical (unpaired) electrons. The Hall–Kier alpha value is -1.83. The second-order valence-electron chi connectivity index (χ2n) is 7.32. The molecule has 1 N–H and O–H groups in total. The molecule has 2 aliphatic carbocycles. The number of aryl methyl sites for hydroxylation is 2. The van der Waals surface area contributed by atoms with E-state index < -0.39 is 0 Å². The average molecular weight is 323 g/mol. The summed E-state index contributed by atoms with van der Waals surface area (Å²) in [6.45, 7) is 4.19. The highest BCUT2D eigenvalue weighted by Crippen LogP contribution is 2.52. The standard InChI is InChI=1S/C22H29NO/c1-16-13-14-18(15-17(16)2)23-22(24)21-19-11-9-7-5-3-4-6-8-10-12-20(19)21/h5-8,13-15,19-21H,3-4,9-12H2,1-2H3,(H,23,24)/b7-5+,8-6+/t19-,20+,21?. The van der Waals surface area contributed by atoms with Gasteiger partial charge in [-0.1, -0.05) is 30.4 Å². The van der Waals surface area contributed by atoms with Crippen LogP contribution in [0, 0.1) is 31.6 Å². The third-order valence-corrected chi connectivity index (χ3v) is 5.58. The van der Waals surface area contributed by atoms with Crippen LogP contribution < -0.4 is 5.32 Å². The predicted molar refractivity (Wildman–Crippen MR) is 101 cm³/mol. The molecule has 0 saturated heterocycles. The maximum Gasteiger partial charge on any atom is 0.228 e. The van der Waals surface area contributed by atoms with E-state index in [2.05, 4.69) is 55.6 Å². The first kappa shape index (κ1) is 17.0. The van der Waals surface area contributed by atoms with Crippen LogP contribution in [0.5, 0.6) is 0 Å². The van der Waals surface area contributed by atoms with Gasteiger partial charge in [-0.2, -0.15) is 0 Å². The van der Waals surface area contributed by atoms with Gasteiger partial charge in [0.2, 0.25) is 5.91 Å². The van der Waals surface area contributed by atoms with Crippen LogP contribution >= 0.6 is 0 Å². The van der Waals surface area contributed by atoms with Crippen LogP contribution in [0.15, 0.2) is 42.5 Å². The zero-order valence-corrected chi connectivity index (χ0v) is 14.9. The van der Waals surface area contributed by atoms with Gasteiger partial charge in [0.15, 0.2) is 0 Å². The number of benzene rings is 1. The fourth-order valence-corrected chi connectivity index (χ4v) is 3.91. The largest absolute Gasteiger partial charge is 0.326 e. The number of fused-ring (bicyclic) bond motifs is 1. The third kappa shape index (κ3) is 4.17. The number of hydrogen-bond donors (Lipinski definition) is 1. The lowest BCUT2D eigenvalue weighted by molar-refractivity contribution is -0.117. The minimum atomic E-state index is 0.203. The molecule has 1 aromatic rings. The van der Waals surface area contributed by atoms with Gasteiger partial charge in [-0.3, -0.25) is 4.79 Å². The lowest BCUT2D eigenvalue weighted by Gasteiger charge is -2.07. The molecule has 2 heteroatoms. The molecule has 3 atom stereocenters. The van der Waals surface area contributed by atoms with E-state index in [0.29, 0.717) is 11.8 Å². The number of allylic oxidation sites excluding steroid dienone is 4. The predicted octanol–water partition coefficient (Wildman–Crippen LogP) is 5.57. The molecule has 0 heterocycles. The summed E-state index contributed by atoms with van der Waals surface area (Å²) in [5.74, 6) is 1.55. The van der Waals surface area contributed by atoms with Crippen molar-refractivity contribution in [3.63, 3.8) is 0 Å². The Morgan fingerprint density at radius 1 is 0.875 bits per heavy atom. The third-order valence-electron chi connectivity index (χ3n) is 5.58. The SMILES string of the molecule is Cc1ccc(NC(=O)C2[C@H]3CC/C=C/CC/C=C/CC[C@@H]23)cc1C. The lowest BCUT2D eigenvalue weighted by Crippen LogP contribution is -2.15. The second kappa shape index (κ2) is 7.83. The normalized spacial score (nSPS) is 29.5. The molecule has 2 nitrogen and oxygen atoms in total. The summed E-state index contributed by atoms with van der Waals surface area (Å²) in [7, 11) is 0. The van der Waals surface area contributed by atoms with Gasteiger partial charge < -0.3 is 5.32 Å². The molecule has 0 aliphatic heterocycles. The Labute approximate surface area is 146 Å². The van der Waals surface area contributed by atoms with E-state index in [1.807, 2.05) is 6.07 Å². The fourth-order valence-electron chi connectivity index (χ4n) is 3.91. The van der Waals surface area contributed by atoms with Gasteiger partial charge in [0.25, 0.3) is 0 Å². The molecular weight excluding hydrogens is 294 g/mol. The van der Waals surface area contributed by atoms with Crippen LogP contribution in [0.2, 0.25) is 0 Å². The first-order valence-corrected chi connectivity index (χ1v) is 9.35. The first-order chi connectivity index (χ1) is 11.7. The van der Waals surface area contributed by atoms with Gasteiger partial charge in [0, 0.05) is 11.6 Å². The number of anilines is 1. The van der Waals surface area contributed by atoms with Crippen molar-refractivity contribution < 1.29 is 4.79 Å². The summed E-state index contributed by atoms with van der Waals surface area (Å²) < 4.78 is 0. The van der Waals surface area contributed by atoms with E-state index in [1.54, 1.807) is 0 Å². The maximum absolute atomic E-state index is 12.7. The monoisotopic (exact) mass is 323 g/mol. The van der Waals surface area contributed by atoms with Crippen LogP contribution in [0.1, 0.15) is 49.7 Å². The molecule has 1 aromatic carbocycles. The van der Waals surface area contributed by atoms with Gasteiger partial charge >= 0.3 is 0 Å². The zero-order chi connectivity index (χ0) is 16.9. The molecule has 1 saturated carbocycles. The smallest absolute Gasteiger partial charge is 0.228 e. The molecule has 1 fully saturated rings. The van der Waals surface area contributed by atoms with Gasteiger partial charge in [0.1, 0.15) is 0 Å². The summed E-state index contributed by atoms with van der Waals surface area (Å²) in [5, 5.41) is 3.15. The highest BCUT2D eigenvalue weighted by Gasteiger charge is 2.52. The highest BCUT2D eigenvalue weighted by molar-refractivity contribution is 5.95. The maximum atomic E-state index is 12.7. The number of rotatable bonds is 2. The molecule has 1 unspecified atom stereocenters. The van der Waals surface area contributed by atoms with Crippen LogP contribution in [0.3, 0.4) is 0 Å². The van der Waals surface area contributed by atoms with E-state index >= 15 is 0 Å². The molecule has 0 aromatic heterocycles. The number of nitrogens with one attached hydrogen (secondary N) is 1. The highest BCUT2D eigenvalue weighted by atomic mass is 16.2. The summed E-state index contributed by atoms with van der Waals surface area (Å²) in [4.78, 5) is 12.7. The van der Waals surface area contributed by atoms with E-state index in [4.69, 9.17) is 0 Å². The molecule has 3 rings (SSSR count). The van der Waals surface area contributed by atoms with Crippen molar-refractivity contribution >= 4 is 11.6 Å². The molecule has 1 amide bonds. The van der Waals surface area contributed by atoms with Crippen LogP contribution in [-0.2, 0) is 4.79 Å². The van der Waals surface area contributed by atoms with Crippen molar-refractivity contribution in [2.45, 2.75) is 52.4 Å². The van der Waals surface area contributed by atoms with E-state index in [0.717, 1.165) is 44.2 Å². The average Bonchev–Trinajstić information content (AvgIpc) is 3.23. The summed E-state index contributed by atoms with van der Waals surface area (Å²) in [6, 6.07) is 6.17. The summed E-state index contributed by atoms with van der Waals surface area (Å²) in [5.41, 5.74) is 3.43. The van der Waals surface area contributed by atoms with Gasteiger partial charge in [-0.25, -0.2) is 0 Å². The van der Waals surface area contributed by atoms with Crippen molar-refractivity contribution in [3.8, 4) is 0 Å². The molecule has 24 heavy (non-hydrogen) atoms. The quantitative estimate of drug-likeness (QED) is 0.708. The Balaban J connectivity index is 1.62.